The van der Waals surface area contributed by atoms with Crippen molar-refractivity contribution in [1.82, 2.24) is 5.32 Å². The lowest BCUT2D eigenvalue weighted by Crippen LogP contribution is -2.25. The van der Waals surface area contributed by atoms with Crippen LogP contribution in [0.25, 0.3) is 0 Å². The highest BCUT2D eigenvalue weighted by Crippen LogP contribution is 2.60. The molecule has 0 heterocycles. The second-order valence-electron chi connectivity index (χ2n) is 5.70. The zero-order chi connectivity index (χ0) is 12.6. The molecule has 0 unspecified atom stereocenters. The molecule has 0 spiro atoms. The highest BCUT2D eigenvalue weighted by atomic mass is 79.9. The second kappa shape index (κ2) is 4.86. The summed E-state index contributed by atoms with van der Waals surface area (Å²) in [5, 5.41) is 3.63. The molecular weight excluding hydrogens is 290 g/mol. The van der Waals surface area contributed by atoms with Crippen LogP contribution < -0.4 is 10.1 Å². The minimum Gasteiger partial charge on any atom is -0.496 e. The summed E-state index contributed by atoms with van der Waals surface area (Å²) in [6.45, 7) is 2.07. The molecule has 1 aromatic rings. The Balaban J connectivity index is 1.57. The fourth-order valence-electron chi connectivity index (χ4n) is 2.92. The molecule has 0 aliphatic heterocycles. The van der Waals surface area contributed by atoms with Gasteiger partial charge < -0.3 is 10.1 Å². The van der Waals surface area contributed by atoms with Crippen molar-refractivity contribution in [1.29, 1.82) is 0 Å². The van der Waals surface area contributed by atoms with E-state index in [-0.39, 0.29) is 0 Å². The monoisotopic (exact) mass is 309 g/mol. The Morgan fingerprint density at radius 2 is 2.17 bits per heavy atom. The highest BCUT2D eigenvalue weighted by molar-refractivity contribution is 9.10. The third-order valence-electron chi connectivity index (χ3n) is 4.37. The average molecular weight is 310 g/mol. The quantitative estimate of drug-likeness (QED) is 0.864. The van der Waals surface area contributed by atoms with Gasteiger partial charge in [-0.2, -0.15) is 0 Å². The van der Waals surface area contributed by atoms with E-state index in [0.29, 0.717) is 5.41 Å². The first kappa shape index (κ1) is 12.5. The summed E-state index contributed by atoms with van der Waals surface area (Å²) in [6.07, 6.45) is 5.78. The Morgan fingerprint density at radius 1 is 1.39 bits per heavy atom. The summed E-state index contributed by atoms with van der Waals surface area (Å²) in [6, 6.07) is 6.19. The molecule has 98 valence electrons. The van der Waals surface area contributed by atoms with E-state index in [1.54, 1.807) is 7.11 Å². The lowest BCUT2D eigenvalue weighted by atomic mass is 10.0. The predicted octanol–water partition coefficient (Wildman–Crippen LogP) is 3.74. The van der Waals surface area contributed by atoms with Crippen molar-refractivity contribution in [2.45, 2.75) is 32.2 Å². The largest absolute Gasteiger partial charge is 0.496 e. The minimum atomic E-state index is 0.666. The molecule has 0 saturated heterocycles. The first-order valence-corrected chi connectivity index (χ1v) is 7.56. The highest BCUT2D eigenvalue weighted by Gasteiger charge is 2.53. The lowest BCUT2D eigenvalue weighted by molar-refractivity contribution is 0.390. The van der Waals surface area contributed by atoms with Gasteiger partial charge in [0.2, 0.25) is 0 Å². The Hall–Kier alpha value is -0.540. The molecule has 0 aromatic heterocycles. The smallest absolute Gasteiger partial charge is 0.123 e. The van der Waals surface area contributed by atoms with Gasteiger partial charge in [-0.15, -0.1) is 0 Å². The Morgan fingerprint density at radius 3 is 2.78 bits per heavy atom. The van der Waals surface area contributed by atoms with Crippen LogP contribution in [0.5, 0.6) is 5.75 Å². The zero-order valence-corrected chi connectivity index (χ0v) is 12.4. The third kappa shape index (κ3) is 2.57. The maximum atomic E-state index is 5.40. The number of hydrogen-bond acceptors (Lipinski definition) is 2. The Labute approximate surface area is 117 Å². The van der Waals surface area contributed by atoms with Gasteiger partial charge in [0.25, 0.3) is 0 Å². The number of rotatable bonds is 6. The molecule has 0 amide bonds. The fraction of sp³-hybridized carbons (Fsp3) is 0.600. The first-order valence-electron chi connectivity index (χ1n) is 6.77. The van der Waals surface area contributed by atoms with Gasteiger partial charge in [-0.1, -0.05) is 15.9 Å². The number of nitrogens with one attached hydrogen (secondary N) is 1. The van der Waals surface area contributed by atoms with Crippen LogP contribution in [0.1, 0.15) is 31.2 Å². The van der Waals surface area contributed by atoms with Gasteiger partial charge in [0, 0.05) is 23.1 Å². The Bertz CT molecular complexity index is 438. The van der Waals surface area contributed by atoms with Crippen LogP contribution in [0.4, 0.5) is 0 Å². The van der Waals surface area contributed by atoms with Crippen LogP contribution in [-0.2, 0) is 6.54 Å². The van der Waals surface area contributed by atoms with E-state index in [9.17, 15) is 0 Å². The van der Waals surface area contributed by atoms with Crippen molar-refractivity contribution in [3.63, 3.8) is 0 Å². The molecule has 0 radical (unpaired) electrons. The minimum absolute atomic E-state index is 0.666. The van der Waals surface area contributed by atoms with E-state index in [0.717, 1.165) is 22.7 Å². The number of methoxy groups -OCH3 is 1. The van der Waals surface area contributed by atoms with Gasteiger partial charge in [-0.3, -0.25) is 0 Å². The molecular formula is C15H20BrNO. The standard InChI is InChI=1S/C15H20BrNO/c1-18-14-5-4-13(16)8-11(14)9-17-10-15(6-7-15)12-2-3-12/h4-5,8,12,17H,2-3,6-7,9-10H2,1H3. The van der Waals surface area contributed by atoms with Gasteiger partial charge >= 0.3 is 0 Å². The molecule has 3 rings (SSSR count). The summed E-state index contributed by atoms with van der Waals surface area (Å²) >= 11 is 3.52. The predicted molar refractivity (Wildman–Crippen MR) is 76.8 cm³/mol. The van der Waals surface area contributed by atoms with E-state index in [4.69, 9.17) is 4.74 Å². The maximum absolute atomic E-state index is 5.40. The normalized spacial score (nSPS) is 20.8. The van der Waals surface area contributed by atoms with Crippen LogP contribution in [0, 0.1) is 11.3 Å². The topological polar surface area (TPSA) is 21.3 Å². The lowest BCUT2D eigenvalue weighted by Gasteiger charge is -2.16. The molecule has 3 heteroatoms. The number of hydrogen-bond donors (Lipinski definition) is 1. The zero-order valence-electron chi connectivity index (χ0n) is 10.8. The maximum Gasteiger partial charge on any atom is 0.123 e. The molecule has 1 aromatic carbocycles. The van der Waals surface area contributed by atoms with E-state index in [1.165, 1.54) is 37.8 Å². The number of ether oxygens (including phenoxy) is 1. The summed E-state index contributed by atoms with van der Waals surface area (Å²) in [5.41, 5.74) is 1.90. The van der Waals surface area contributed by atoms with E-state index in [2.05, 4.69) is 27.3 Å². The molecule has 2 fully saturated rings. The van der Waals surface area contributed by atoms with Crippen LogP contribution in [0.3, 0.4) is 0 Å². The fourth-order valence-corrected chi connectivity index (χ4v) is 3.33. The number of benzene rings is 1. The van der Waals surface area contributed by atoms with Gasteiger partial charge in [0.05, 0.1) is 7.11 Å². The summed E-state index contributed by atoms with van der Waals surface area (Å²) in [7, 11) is 1.74. The molecule has 1 N–H and O–H groups in total. The average Bonchev–Trinajstić information content (AvgIpc) is 3.23. The van der Waals surface area contributed by atoms with Gasteiger partial charge in [-0.05, 0) is 55.2 Å². The Kier molecular flexibility index (Phi) is 3.37. The summed E-state index contributed by atoms with van der Waals surface area (Å²) in [4.78, 5) is 0. The van der Waals surface area contributed by atoms with Gasteiger partial charge in [0.1, 0.15) is 5.75 Å². The van der Waals surface area contributed by atoms with Crippen molar-refractivity contribution < 1.29 is 4.74 Å². The van der Waals surface area contributed by atoms with Gasteiger partial charge in [-0.25, -0.2) is 0 Å². The third-order valence-corrected chi connectivity index (χ3v) is 4.86. The number of halogens is 1. The summed E-state index contributed by atoms with van der Waals surface area (Å²) < 4.78 is 6.51. The van der Waals surface area contributed by atoms with Crippen LogP contribution >= 0.6 is 15.9 Å². The van der Waals surface area contributed by atoms with Crippen LogP contribution in [0.2, 0.25) is 0 Å². The van der Waals surface area contributed by atoms with Gasteiger partial charge in [0.15, 0.2) is 0 Å². The van der Waals surface area contributed by atoms with E-state index >= 15 is 0 Å². The molecule has 2 aliphatic carbocycles. The van der Waals surface area contributed by atoms with Crippen molar-refractivity contribution in [2.24, 2.45) is 11.3 Å². The van der Waals surface area contributed by atoms with E-state index in [1.807, 2.05) is 12.1 Å². The molecule has 0 bridgehead atoms. The van der Waals surface area contributed by atoms with Crippen molar-refractivity contribution in [3.05, 3.63) is 28.2 Å². The summed E-state index contributed by atoms with van der Waals surface area (Å²) in [5.74, 6) is 2.00. The molecule has 18 heavy (non-hydrogen) atoms. The van der Waals surface area contributed by atoms with E-state index < -0.39 is 0 Å². The second-order valence-corrected chi connectivity index (χ2v) is 6.61. The van der Waals surface area contributed by atoms with Crippen LogP contribution in [0.15, 0.2) is 22.7 Å². The van der Waals surface area contributed by atoms with Crippen molar-refractivity contribution in [2.75, 3.05) is 13.7 Å². The first-order chi connectivity index (χ1) is 8.73. The molecule has 2 nitrogen and oxygen atoms in total. The molecule has 2 aliphatic rings. The van der Waals surface area contributed by atoms with Crippen molar-refractivity contribution in [3.8, 4) is 5.75 Å². The molecule has 0 atom stereocenters. The SMILES string of the molecule is COc1ccc(Br)cc1CNCC1(C2CC2)CC1. The molecule has 2 saturated carbocycles. The van der Waals surface area contributed by atoms with Crippen LogP contribution in [-0.4, -0.2) is 13.7 Å². The van der Waals surface area contributed by atoms with Crippen molar-refractivity contribution >= 4 is 15.9 Å².